The zero-order valence-corrected chi connectivity index (χ0v) is 56.4. The van der Waals surface area contributed by atoms with Gasteiger partial charge in [0.25, 0.3) is 0 Å². The van der Waals surface area contributed by atoms with Gasteiger partial charge in [0.15, 0.2) is 0 Å². The second-order valence-corrected chi connectivity index (χ2v) is 27.4. The van der Waals surface area contributed by atoms with Crippen molar-refractivity contribution in [2.24, 2.45) is 0 Å². The fraction of sp³-hybridized carbons (Fsp3) is 0.877. The highest BCUT2D eigenvalue weighted by Crippen LogP contribution is 2.43. The minimum Gasteiger partial charge on any atom is -0.387 e. The number of unbranched alkanes of at least 4 members (excludes halogenated alkanes) is 48. The van der Waals surface area contributed by atoms with Gasteiger partial charge in [0.05, 0.1) is 39.9 Å². The van der Waals surface area contributed by atoms with Crippen LogP contribution in [0.15, 0.2) is 48.6 Å². The van der Waals surface area contributed by atoms with E-state index in [1.807, 2.05) is 27.2 Å². The maximum absolute atomic E-state index is 13.1. The number of rotatable bonds is 67. The third-order valence-electron chi connectivity index (χ3n) is 16.5. The number of nitrogens with one attached hydrogen (secondary N) is 1. The van der Waals surface area contributed by atoms with Crippen molar-refractivity contribution in [2.45, 2.75) is 373 Å². The lowest BCUT2D eigenvalue weighted by atomic mass is 10.0. The fourth-order valence-electron chi connectivity index (χ4n) is 10.9. The molecular formula is C73H142N2O6P+. The molecule has 0 radical (unpaired) electrons. The quantitative estimate of drug-likeness (QED) is 0.0243. The van der Waals surface area contributed by atoms with Crippen molar-refractivity contribution in [2.75, 3.05) is 40.9 Å². The van der Waals surface area contributed by atoms with Crippen LogP contribution < -0.4 is 5.32 Å². The molecule has 0 aromatic heterocycles. The summed E-state index contributed by atoms with van der Waals surface area (Å²) < 4.78 is 23.8. The molecule has 0 aromatic carbocycles. The zero-order valence-electron chi connectivity index (χ0n) is 55.5. The molecule has 484 valence electrons. The maximum atomic E-state index is 13.1. The molecular weight excluding hydrogens is 1030 g/mol. The Morgan fingerprint density at radius 3 is 1.01 bits per heavy atom. The fourth-order valence-corrected chi connectivity index (χ4v) is 11.7. The smallest absolute Gasteiger partial charge is 0.387 e. The van der Waals surface area contributed by atoms with Gasteiger partial charge in [0.2, 0.25) is 5.91 Å². The first-order valence-corrected chi connectivity index (χ1v) is 37.5. The zero-order chi connectivity index (χ0) is 59.8. The molecule has 0 rings (SSSR count). The van der Waals surface area contributed by atoms with Gasteiger partial charge in [-0.3, -0.25) is 13.8 Å². The molecule has 1 amide bonds. The van der Waals surface area contributed by atoms with Gasteiger partial charge in [0.1, 0.15) is 13.2 Å². The standard InChI is InChI=1S/C73H141N2O6P/c1-6-8-10-12-14-16-18-20-22-24-26-28-30-32-34-35-36-37-38-39-41-43-45-47-49-51-53-55-57-59-61-63-65-67-73(77)74-71(70-81-82(78,79)80-69-68-75(3,4)5)72(76)66-64-62-60-58-56-54-52-50-48-46-44-42-40-33-31-29-27-25-23-21-19-17-15-13-11-9-7-2/h18,20,24,26,30,32,64,66,71-72,76H,6-17,19,21-23,25,27-29,31,33-63,65,67-70H2,1-5H3,(H-,74,77,78,79)/p+1/b20-18-,26-24-,32-30-,66-64+. The Labute approximate surface area is 511 Å². The van der Waals surface area contributed by atoms with Crippen LogP contribution in [0.25, 0.3) is 0 Å². The van der Waals surface area contributed by atoms with E-state index in [0.29, 0.717) is 17.4 Å². The molecule has 3 atom stereocenters. The number of allylic oxidation sites excluding steroid dienone is 7. The van der Waals surface area contributed by atoms with Crippen LogP contribution in [-0.2, 0) is 18.4 Å². The lowest BCUT2D eigenvalue weighted by Gasteiger charge is -2.25. The van der Waals surface area contributed by atoms with Crippen molar-refractivity contribution in [3.63, 3.8) is 0 Å². The summed E-state index contributed by atoms with van der Waals surface area (Å²) in [5.41, 5.74) is 0. The highest BCUT2D eigenvalue weighted by molar-refractivity contribution is 7.47. The summed E-state index contributed by atoms with van der Waals surface area (Å²) in [6.07, 6.45) is 86.9. The van der Waals surface area contributed by atoms with Gasteiger partial charge < -0.3 is 19.8 Å². The summed E-state index contributed by atoms with van der Waals surface area (Å²) in [4.78, 5) is 23.4. The first kappa shape index (κ1) is 80.5. The van der Waals surface area contributed by atoms with E-state index < -0.39 is 20.0 Å². The van der Waals surface area contributed by atoms with Gasteiger partial charge in [0, 0.05) is 6.42 Å². The van der Waals surface area contributed by atoms with Crippen molar-refractivity contribution in [1.82, 2.24) is 5.32 Å². The summed E-state index contributed by atoms with van der Waals surface area (Å²) >= 11 is 0. The molecule has 3 unspecified atom stereocenters. The van der Waals surface area contributed by atoms with Gasteiger partial charge in [-0.2, -0.15) is 0 Å². The summed E-state index contributed by atoms with van der Waals surface area (Å²) in [7, 11) is 1.59. The van der Waals surface area contributed by atoms with Crippen molar-refractivity contribution in [1.29, 1.82) is 0 Å². The highest BCUT2D eigenvalue weighted by Gasteiger charge is 2.28. The van der Waals surface area contributed by atoms with Crippen LogP contribution in [0.2, 0.25) is 0 Å². The Bertz CT molecular complexity index is 1480. The first-order valence-electron chi connectivity index (χ1n) is 36.0. The average Bonchev–Trinajstić information content (AvgIpc) is 3.47. The van der Waals surface area contributed by atoms with Crippen molar-refractivity contribution in [3.05, 3.63) is 48.6 Å². The molecule has 0 bridgehead atoms. The van der Waals surface area contributed by atoms with Gasteiger partial charge in [-0.05, 0) is 57.8 Å². The topological polar surface area (TPSA) is 105 Å². The minimum atomic E-state index is -4.35. The molecule has 0 aliphatic carbocycles. The molecule has 0 saturated heterocycles. The molecule has 9 heteroatoms. The Balaban J connectivity index is 4.03. The van der Waals surface area contributed by atoms with Crippen molar-refractivity contribution >= 4 is 13.7 Å². The molecule has 0 aliphatic rings. The van der Waals surface area contributed by atoms with Gasteiger partial charge >= 0.3 is 7.82 Å². The SMILES string of the molecule is CCCCCCC/C=C\C/C=C\C/C=C\CCCCCCCCCCCCCCCCCCCCC(=O)NC(COP(=O)(O)OCC[N+](C)(C)C)C(O)/C=C/CCCCCCCCCCCCCCCCCCCCCCCCCCC. The lowest BCUT2D eigenvalue weighted by molar-refractivity contribution is -0.870. The minimum absolute atomic E-state index is 0.0627. The van der Waals surface area contributed by atoms with Crippen LogP contribution >= 0.6 is 7.82 Å². The molecule has 0 saturated carbocycles. The van der Waals surface area contributed by atoms with E-state index in [1.54, 1.807) is 6.08 Å². The van der Waals surface area contributed by atoms with E-state index in [9.17, 15) is 19.4 Å². The number of phosphoric acid groups is 1. The molecule has 3 N–H and O–H groups in total. The normalized spacial score (nSPS) is 13.9. The van der Waals surface area contributed by atoms with Crippen LogP contribution in [0.1, 0.15) is 361 Å². The largest absolute Gasteiger partial charge is 0.472 e. The number of nitrogens with zero attached hydrogens (tertiary/aromatic N) is 1. The van der Waals surface area contributed by atoms with Crippen molar-refractivity contribution < 1.29 is 32.9 Å². The average molecular weight is 1170 g/mol. The second-order valence-electron chi connectivity index (χ2n) is 26.0. The number of phosphoric ester groups is 1. The van der Waals surface area contributed by atoms with Gasteiger partial charge in [-0.15, -0.1) is 0 Å². The van der Waals surface area contributed by atoms with E-state index in [1.165, 1.54) is 289 Å². The van der Waals surface area contributed by atoms with E-state index in [0.717, 1.165) is 51.4 Å². The van der Waals surface area contributed by atoms with Crippen LogP contribution in [0.4, 0.5) is 0 Å². The lowest BCUT2D eigenvalue weighted by Crippen LogP contribution is -2.45. The molecule has 0 aliphatic heterocycles. The van der Waals surface area contributed by atoms with Crippen LogP contribution in [0.5, 0.6) is 0 Å². The van der Waals surface area contributed by atoms with Crippen LogP contribution in [-0.4, -0.2) is 73.4 Å². The number of hydrogen-bond acceptors (Lipinski definition) is 5. The molecule has 0 heterocycles. The van der Waals surface area contributed by atoms with Gasteiger partial charge in [-0.1, -0.05) is 345 Å². The Morgan fingerprint density at radius 2 is 0.695 bits per heavy atom. The third-order valence-corrected chi connectivity index (χ3v) is 17.5. The molecule has 0 aromatic rings. The Kier molecular flexibility index (Phi) is 62.7. The van der Waals surface area contributed by atoms with Crippen molar-refractivity contribution in [3.8, 4) is 0 Å². The molecule has 82 heavy (non-hydrogen) atoms. The van der Waals surface area contributed by atoms with Crippen LogP contribution in [0.3, 0.4) is 0 Å². The van der Waals surface area contributed by atoms with E-state index >= 15 is 0 Å². The second kappa shape index (κ2) is 63.9. The number of aliphatic hydroxyl groups is 1. The molecule has 0 spiro atoms. The summed E-state index contributed by atoms with van der Waals surface area (Å²) in [6.45, 7) is 4.86. The number of carbonyl (C=O) groups is 1. The molecule has 0 fully saturated rings. The predicted octanol–water partition coefficient (Wildman–Crippen LogP) is 23.0. The summed E-state index contributed by atoms with van der Waals surface area (Å²) in [5, 5.41) is 14.0. The number of hydrogen-bond donors (Lipinski definition) is 3. The van der Waals surface area contributed by atoms with Crippen LogP contribution in [0, 0.1) is 0 Å². The third kappa shape index (κ3) is 66.0. The van der Waals surface area contributed by atoms with E-state index in [2.05, 4.69) is 55.6 Å². The number of likely N-dealkylation sites (N-methyl/N-ethyl adjacent to an activating group) is 1. The predicted molar refractivity (Wildman–Crippen MR) is 360 cm³/mol. The monoisotopic (exact) mass is 1170 g/mol. The molecule has 8 nitrogen and oxygen atoms in total. The summed E-state index contributed by atoms with van der Waals surface area (Å²) in [5.74, 6) is -0.171. The number of aliphatic hydroxyl groups excluding tert-OH is 1. The number of amides is 1. The van der Waals surface area contributed by atoms with E-state index in [-0.39, 0.29) is 19.1 Å². The first-order chi connectivity index (χ1) is 40.0. The highest BCUT2D eigenvalue weighted by atomic mass is 31.2. The maximum Gasteiger partial charge on any atom is 0.472 e. The number of carbonyl (C=O) groups excluding carboxylic acids is 1. The Hall–Kier alpha value is -1.54. The summed E-state index contributed by atoms with van der Waals surface area (Å²) in [6, 6.07) is -0.848. The van der Waals surface area contributed by atoms with Gasteiger partial charge in [-0.25, -0.2) is 4.57 Å². The van der Waals surface area contributed by atoms with E-state index in [4.69, 9.17) is 9.05 Å². The Morgan fingerprint density at radius 1 is 0.415 bits per heavy atom. The number of quaternary nitrogens is 1.